The zero-order valence-corrected chi connectivity index (χ0v) is 11.7. The zero-order valence-electron chi connectivity index (χ0n) is 11.7. The number of anilines is 1. The lowest BCUT2D eigenvalue weighted by atomic mass is 10.1. The summed E-state index contributed by atoms with van der Waals surface area (Å²) in [5, 5.41) is 11.8. The number of benzene rings is 1. The highest BCUT2D eigenvalue weighted by Gasteiger charge is 2.10. The van der Waals surface area contributed by atoms with E-state index in [0.29, 0.717) is 17.3 Å². The molecule has 7 nitrogen and oxygen atoms in total. The summed E-state index contributed by atoms with van der Waals surface area (Å²) in [5.74, 6) is 1.35. The number of ether oxygens (including phenoxy) is 2. The third kappa shape index (κ3) is 3.24. The van der Waals surface area contributed by atoms with Crippen LogP contribution in [0.4, 0.5) is 5.69 Å². The Labute approximate surface area is 117 Å². The molecular weight excluding hydrogens is 258 g/mol. The predicted molar refractivity (Wildman–Crippen MR) is 75.3 cm³/mol. The Hall–Kier alpha value is -2.15. The lowest BCUT2D eigenvalue weighted by Gasteiger charge is -2.07. The number of rotatable bonds is 7. The van der Waals surface area contributed by atoms with Crippen molar-refractivity contribution < 1.29 is 9.47 Å². The Kier molecular flexibility index (Phi) is 4.89. The maximum absolute atomic E-state index is 5.91. The van der Waals surface area contributed by atoms with Gasteiger partial charge < -0.3 is 15.2 Å². The van der Waals surface area contributed by atoms with Crippen molar-refractivity contribution >= 4 is 5.69 Å². The van der Waals surface area contributed by atoms with E-state index in [-0.39, 0.29) is 0 Å². The van der Waals surface area contributed by atoms with Crippen LogP contribution in [0, 0.1) is 0 Å². The normalized spacial score (nSPS) is 10.7. The van der Waals surface area contributed by atoms with Gasteiger partial charge >= 0.3 is 0 Å². The van der Waals surface area contributed by atoms with Crippen LogP contribution in [-0.2, 0) is 11.3 Å². The van der Waals surface area contributed by atoms with Crippen LogP contribution in [0.1, 0.15) is 12.8 Å². The molecule has 1 aromatic carbocycles. The van der Waals surface area contributed by atoms with Crippen LogP contribution in [0.3, 0.4) is 0 Å². The number of aromatic nitrogens is 4. The van der Waals surface area contributed by atoms with Gasteiger partial charge in [0, 0.05) is 25.8 Å². The molecule has 2 rings (SSSR count). The molecular formula is C13H19N5O2. The third-order valence-electron chi connectivity index (χ3n) is 2.99. The zero-order chi connectivity index (χ0) is 14.4. The molecule has 20 heavy (non-hydrogen) atoms. The molecule has 2 N–H and O–H groups in total. The minimum absolute atomic E-state index is 0.568. The lowest BCUT2D eigenvalue weighted by molar-refractivity contribution is 0.191. The Morgan fingerprint density at radius 2 is 2.10 bits per heavy atom. The number of unbranched alkanes of at least 4 members (excludes halogenated alkanes) is 1. The van der Waals surface area contributed by atoms with Gasteiger partial charge in [-0.05, 0) is 41.5 Å². The van der Waals surface area contributed by atoms with Gasteiger partial charge in [-0.3, -0.25) is 0 Å². The van der Waals surface area contributed by atoms with Crippen LogP contribution < -0.4 is 10.5 Å². The minimum Gasteiger partial charge on any atom is -0.495 e. The fourth-order valence-corrected chi connectivity index (χ4v) is 1.94. The van der Waals surface area contributed by atoms with Gasteiger partial charge in [0.25, 0.3) is 0 Å². The number of hydrogen-bond donors (Lipinski definition) is 1. The molecule has 0 unspecified atom stereocenters. The van der Waals surface area contributed by atoms with Crippen LogP contribution in [0.15, 0.2) is 18.2 Å². The summed E-state index contributed by atoms with van der Waals surface area (Å²) >= 11 is 0. The van der Waals surface area contributed by atoms with E-state index in [2.05, 4.69) is 15.5 Å². The van der Waals surface area contributed by atoms with Gasteiger partial charge in [0.15, 0.2) is 5.82 Å². The van der Waals surface area contributed by atoms with Crippen LogP contribution in [0.2, 0.25) is 0 Å². The molecule has 108 valence electrons. The average molecular weight is 277 g/mol. The summed E-state index contributed by atoms with van der Waals surface area (Å²) in [6.07, 6.45) is 1.93. The summed E-state index contributed by atoms with van der Waals surface area (Å²) < 4.78 is 11.9. The second-order valence-corrected chi connectivity index (χ2v) is 4.38. The van der Waals surface area contributed by atoms with Crippen molar-refractivity contribution in [2.75, 3.05) is 26.6 Å². The average Bonchev–Trinajstić information content (AvgIpc) is 2.92. The van der Waals surface area contributed by atoms with E-state index in [1.54, 1.807) is 18.9 Å². The van der Waals surface area contributed by atoms with Gasteiger partial charge in [-0.2, -0.15) is 0 Å². The molecule has 0 bridgehead atoms. The molecule has 0 fully saturated rings. The fourth-order valence-electron chi connectivity index (χ4n) is 1.94. The van der Waals surface area contributed by atoms with Crippen molar-refractivity contribution in [2.45, 2.75) is 19.4 Å². The number of methoxy groups -OCH3 is 2. The summed E-state index contributed by atoms with van der Waals surface area (Å²) in [4.78, 5) is 0. The standard InChI is InChI=1S/C13H19N5O2/c1-19-8-4-3-7-18-13(15-16-17-18)10-5-6-12(20-2)11(14)9-10/h5-6,9H,3-4,7-8,14H2,1-2H3. The maximum Gasteiger partial charge on any atom is 0.182 e. The summed E-state index contributed by atoms with van der Waals surface area (Å²) in [5.41, 5.74) is 7.35. The summed E-state index contributed by atoms with van der Waals surface area (Å²) in [6.45, 7) is 1.49. The van der Waals surface area contributed by atoms with E-state index in [1.165, 1.54) is 0 Å². The van der Waals surface area contributed by atoms with Gasteiger partial charge in [0.1, 0.15) is 5.75 Å². The fraction of sp³-hybridized carbons (Fsp3) is 0.462. The van der Waals surface area contributed by atoms with E-state index >= 15 is 0 Å². The second kappa shape index (κ2) is 6.85. The van der Waals surface area contributed by atoms with Crippen molar-refractivity contribution in [1.29, 1.82) is 0 Å². The molecule has 0 saturated heterocycles. The van der Waals surface area contributed by atoms with Crippen LogP contribution in [0.25, 0.3) is 11.4 Å². The highest BCUT2D eigenvalue weighted by molar-refractivity contribution is 5.66. The first-order valence-electron chi connectivity index (χ1n) is 6.45. The quantitative estimate of drug-likeness (QED) is 0.607. The molecule has 0 spiro atoms. The molecule has 0 atom stereocenters. The Morgan fingerprint density at radius 1 is 1.25 bits per heavy atom. The number of nitrogens with zero attached hydrogens (tertiary/aromatic N) is 4. The molecule has 7 heteroatoms. The highest BCUT2D eigenvalue weighted by Crippen LogP contribution is 2.26. The molecule has 0 amide bonds. The molecule has 0 aliphatic carbocycles. The first kappa shape index (κ1) is 14.3. The molecule has 0 saturated carbocycles. The van der Waals surface area contributed by atoms with E-state index in [0.717, 1.165) is 31.6 Å². The molecule has 1 heterocycles. The maximum atomic E-state index is 5.91. The van der Waals surface area contributed by atoms with E-state index in [4.69, 9.17) is 15.2 Å². The largest absolute Gasteiger partial charge is 0.495 e. The van der Waals surface area contributed by atoms with Crippen molar-refractivity contribution in [2.24, 2.45) is 0 Å². The second-order valence-electron chi connectivity index (χ2n) is 4.38. The lowest BCUT2D eigenvalue weighted by Crippen LogP contribution is -2.04. The van der Waals surface area contributed by atoms with Crippen LogP contribution in [-0.4, -0.2) is 41.0 Å². The Morgan fingerprint density at radius 3 is 2.80 bits per heavy atom. The van der Waals surface area contributed by atoms with E-state index < -0.39 is 0 Å². The van der Waals surface area contributed by atoms with Crippen molar-refractivity contribution in [3.05, 3.63) is 18.2 Å². The molecule has 1 aromatic heterocycles. The highest BCUT2D eigenvalue weighted by atomic mass is 16.5. The van der Waals surface area contributed by atoms with Gasteiger partial charge in [-0.15, -0.1) is 5.10 Å². The Balaban J connectivity index is 2.13. The number of nitrogens with two attached hydrogens (primary N) is 1. The van der Waals surface area contributed by atoms with Gasteiger partial charge in [-0.1, -0.05) is 0 Å². The first-order valence-corrected chi connectivity index (χ1v) is 6.45. The van der Waals surface area contributed by atoms with Crippen LogP contribution in [0.5, 0.6) is 5.75 Å². The molecule has 0 radical (unpaired) electrons. The van der Waals surface area contributed by atoms with Crippen LogP contribution >= 0.6 is 0 Å². The minimum atomic E-state index is 0.568. The summed E-state index contributed by atoms with van der Waals surface area (Å²) in [6, 6.07) is 5.53. The van der Waals surface area contributed by atoms with Gasteiger partial charge in [0.2, 0.25) is 0 Å². The molecule has 0 aliphatic rings. The first-order chi connectivity index (χ1) is 9.76. The topological polar surface area (TPSA) is 88.1 Å². The van der Waals surface area contributed by atoms with E-state index in [1.807, 2.05) is 18.2 Å². The number of aryl methyl sites for hydroxylation is 1. The monoisotopic (exact) mass is 277 g/mol. The Bertz CT molecular complexity index is 555. The van der Waals surface area contributed by atoms with Crippen molar-refractivity contribution in [1.82, 2.24) is 20.2 Å². The van der Waals surface area contributed by atoms with Gasteiger partial charge in [-0.25, -0.2) is 4.68 Å². The van der Waals surface area contributed by atoms with Gasteiger partial charge in [0.05, 0.1) is 12.8 Å². The third-order valence-corrected chi connectivity index (χ3v) is 2.99. The number of tetrazole rings is 1. The predicted octanol–water partition coefficient (Wildman–Crippen LogP) is 1.36. The number of nitrogen functional groups attached to an aromatic ring is 1. The summed E-state index contributed by atoms with van der Waals surface area (Å²) in [7, 11) is 3.29. The number of hydrogen-bond acceptors (Lipinski definition) is 6. The van der Waals surface area contributed by atoms with E-state index in [9.17, 15) is 0 Å². The van der Waals surface area contributed by atoms with Crippen molar-refractivity contribution in [3.8, 4) is 17.1 Å². The smallest absolute Gasteiger partial charge is 0.182 e. The molecule has 0 aliphatic heterocycles. The SMILES string of the molecule is COCCCCn1nnnc1-c1ccc(OC)c(N)c1. The molecule has 2 aromatic rings. The van der Waals surface area contributed by atoms with Crippen molar-refractivity contribution in [3.63, 3.8) is 0 Å².